The Hall–Kier alpha value is -1.02. The molecule has 1 atom stereocenters. The maximum Gasteiger partial charge on any atom is 0.252 e. The Morgan fingerprint density at radius 3 is 2.75 bits per heavy atom. The predicted octanol–water partition coefficient (Wildman–Crippen LogP) is 3.31. The molecule has 84 valence electrons. The topological polar surface area (TPSA) is 29.1 Å². The number of halogens is 1. The summed E-state index contributed by atoms with van der Waals surface area (Å²) in [7, 11) is 0. The molecule has 0 spiro atoms. The van der Waals surface area contributed by atoms with Crippen LogP contribution in [0.3, 0.4) is 0 Å². The second kappa shape index (κ2) is 3.77. The number of hydrogen-bond donors (Lipinski definition) is 1. The van der Waals surface area contributed by atoms with Gasteiger partial charge < -0.3 is 5.32 Å². The molecule has 1 aromatic rings. The highest BCUT2D eigenvalue weighted by atomic mass is 35.5. The highest BCUT2D eigenvalue weighted by Gasteiger charge is 2.35. The summed E-state index contributed by atoms with van der Waals surface area (Å²) in [6.07, 6.45) is 5.04. The molecular formula is C13H14ClNO. The minimum Gasteiger partial charge on any atom is -0.345 e. The van der Waals surface area contributed by atoms with Gasteiger partial charge in [0.2, 0.25) is 0 Å². The highest BCUT2D eigenvalue weighted by Crippen LogP contribution is 2.40. The van der Waals surface area contributed by atoms with Crippen LogP contribution in [-0.2, 0) is 0 Å². The summed E-state index contributed by atoms with van der Waals surface area (Å²) in [5.41, 5.74) is 1.91. The van der Waals surface area contributed by atoms with Crippen LogP contribution in [0.1, 0.15) is 47.6 Å². The predicted molar refractivity (Wildman–Crippen MR) is 63.6 cm³/mol. The zero-order valence-corrected chi connectivity index (χ0v) is 9.76. The van der Waals surface area contributed by atoms with E-state index in [1.54, 1.807) is 6.07 Å². The third-order valence-electron chi connectivity index (χ3n) is 3.75. The third kappa shape index (κ3) is 1.52. The first-order chi connectivity index (χ1) is 7.75. The van der Waals surface area contributed by atoms with Crippen LogP contribution in [0.25, 0.3) is 0 Å². The molecule has 1 aliphatic heterocycles. The van der Waals surface area contributed by atoms with Crippen molar-refractivity contribution in [1.29, 1.82) is 0 Å². The van der Waals surface area contributed by atoms with Gasteiger partial charge in [-0.3, -0.25) is 4.79 Å². The smallest absolute Gasteiger partial charge is 0.252 e. The highest BCUT2D eigenvalue weighted by molar-refractivity contribution is 6.31. The van der Waals surface area contributed by atoms with Crippen molar-refractivity contribution < 1.29 is 4.79 Å². The molecule has 0 aromatic heterocycles. The molecule has 1 aliphatic carbocycles. The van der Waals surface area contributed by atoms with Crippen molar-refractivity contribution in [1.82, 2.24) is 5.32 Å². The Kier molecular flexibility index (Phi) is 2.40. The molecule has 1 N–H and O–H groups in total. The first-order valence-electron chi connectivity index (χ1n) is 5.86. The average Bonchev–Trinajstić information content (AvgIpc) is 2.87. The van der Waals surface area contributed by atoms with E-state index in [0.717, 1.165) is 11.1 Å². The van der Waals surface area contributed by atoms with Gasteiger partial charge in [-0.2, -0.15) is 0 Å². The summed E-state index contributed by atoms with van der Waals surface area (Å²) in [6.45, 7) is 0. The van der Waals surface area contributed by atoms with Crippen LogP contribution in [0.4, 0.5) is 0 Å². The largest absolute Gasteiger partial charge is 0.345 e. The van der Waals surface area contributed by atoms with E-state index in [-0.39, 0.29) is 11.9 Å². The molecule has 1 amide bonds. The van der Waals surface area contributed by atoms with Crippen LogP contribution in [0.5, 0.6) is 0 Å². The fourth-order valence-electron chi connectivity index (χ4n) is 2.96. The lowest BCUT2D eigenvalue weighted by Crippen LogP contribution is -2.24. The van der Waals surface area contributed by atoms with Gasteiger partial charge in [-0.15, -0.1) is 0 Å². The number of carbonyl (C=O) groups is 1. The van der Waals surface area contributed by atoms with Gasteiger partial charge >= 0.3 is 0 Å². The van der Waals surface area contributed by atoms with Crippen LogP contribution in [0.15, 0.2) is 18.2 Å². The Balaban J connectivity index is 1.98. The lowest BCUT2D eigenvalue weighted by Gasteiger charge is -2.18. The van der Waals surface area contributed by atoms with Crippen molar-refractivity contribution in [3.63, 3.8) is 0 Å². The number of rotatable bonds is 1. The first kappa shape index (κ1) is 10.2. The van der Waals surface area contributed by atoms with Crippen LogP contribution in [-0.4, -0.2) is 5.91 Å². The molecule has 3 rings (SSSR count). The van der Waals surface area contributed by atoms with E-state index < -0.39 is 0 Å². The maximum absolute atomic E-state index is 11.8. The van der Waals surface area contributed by atoms with Crippen LogP contribution in [0, 0.1) is 5.92 Å². The van der Waals surface area contributed by atoms with Gasteiger partial charge in [-0.05, 0) is 36.5 Å². The summed E-state index contributed by atoms with van der Waals surface area (Å²) < 4.78 is 0. The van der Waals surface area contributed by atoms with E-state index in [1.807, 2.05) is 12.1 Å². The van der Waals surface area contributed by atoms with Crippen molar-refractivity contribution in [2.45, 2.75) is 31.7 Å². The summed E-state index contributed by atoms with van der Waals surface area (Å²) in [6, 6.07) is 5.88. The summed E-state index contributed by atoms with van der Waals surface area (Å²) in [4.78, 5) is 11.8. The molecular weight excluding hydrogens is 222 g/mol. The maximum atomic E-state index is 11.8. The van der Waals surface area contributed by atoms with Gasteiger partial charge in [-0.1, -0.05) is 30.5 Å². The van der Waals surface area contributed by atoms with E-state index in [1.165, 1.54) is 25.7 Å². The second-order valence-corrected chi connectivity index (χ2v) is 5.16. The van der Waals surface area contributed by atoms with E-state index in [2.05, 4.69) is 5.32 Å². The number of benzene rings is 1. The van der Waals surface area contributed by atoms with Crippen LogP contribution in [0.2, 0.25) is 5.02 Å². The SMILES string of the molecule is O=C1NC(C2CCCC2)c2ccc(Cl)cc21. The Labute approximate surface area is 100.0 Å². The molecule has 2 aliphatic rings. The molecule has 1 fully saturated rings. The fourth-order valence-corrected chi connectivity index (χ4v) is 3.13. The van der Waals surface area contributed by atoms with Crippen molar-refractivity contribution >= 4 is 17.5 Å². The Morgan fingerprint density at radius 1 is 1.25 bits per heavy atom. The lowest BCUT2D eigenvalue weighted by molar-refractivity contribution is 0.0946. The normalized spacial score (nSPS) is 24.6. The molecule has 1 unspecified atom stereocenters. The molecule has 0 radical (unpaired) electrons. The van der Waals surface area contributed by atoms with E-state index in [9.17, 15) is 4.79 Å². The second-order valence-electron chi connectivity index (χ2n) is 4.73. The van der Waals surface area contributed by atoms with Crippen molar-refractivity contribution in [2.75, 3.05) is 0 Å². The van der Waals surface area contributed by atoms with Gasteiger partial charge in [0.1, 0.15) is 0 Å². The lowest BCUT2D eigenvalue weighted by atomic mass is 9.92. The molecule has 0 bridgehead atoms. The van der Waals surface area contributed by atoms with Gasteiger partial charge in [0.05, 0.1) is 6.04 Å². The number of carbonyl (C=O) groups excluding carboxylic acids is 1. The number of fused-ring (bicyclic) bond motifs is 1. The van der Waals surface area contributed by atoms with E-state index >= 15 is 0 Å². The molecule has 1 heterocycles. The number of hydrogen-bond acceptors (Lipinski definition) is 1. The van der Waals surface area contributed by atoms with E-state index in [0.29, 0.717) is 10.9 Å². The van der Waals surface area contributed by atoms with Crippen LogP contribution >= 0.6 is 11.6 Å². The van der Waals surface area contributed by atoms with Crippen molar-refractivity contribution in [3.8, 4) is 0 Å². The van der Waals surface area contributed by atoms with Gasteiger partial charge in [0.15, 0.2) is 0 Å². The standard InChI is InChI=1S/C13H14ClNO/c14-9-5-6-10-11(7-9)13(16)15-12(10)8-3-1-2-4-8/h5-8,12H,1-4H2,(H,15,16). The monoisotopic (exact) mass is 235 g/mol. The number of nitrogens with one attached hydrogen (secondary N) is 1. The average molecular weight is 236 g/mol. The zero-order valence-electron chi connectivity index (χ0n) is 9.00. The Bertz CT molecular complexity index is 438. The van der Waals surface area contributed by atoms with E-state index in [4.69, 9.17) is 11.6 Å². The van der Waals surface area contributed by atoms with Crippen molar-refractivity contribution in [3.05, 3.63) is 34.3 Å². The molecule has 1 saturated carbocycles. The van der Waals surface area contributed by atoms with Gasteiger partial charge in [-0.25, -0.2) is 0 Å². The fraction of sp³-hybridized carbons (Fsp3) is 0.462. The Morgan fingerprint density at radius 2 is 2.00 bits per heavy atom. The summed E-state index contributed by atoms with van der Waals surface area (Å²) in [5, 5.41) is 3.73. The van der Waals surface area contributed by atoms with Crippen molar-refractivity contribution in [2.24, 2.45) is 5.92 Å². The molecule has 1 aromatic carbocycles. The minimum atomic E-state index is 0.0365. The zero-order chi connectivity index (χ0) is 11.1. The molecule has 16 heavy (non-hydrogen) atoms. The molecule has 2 nitrogen and oxygen atoms in total. The first-order valence-corrected chi connectivity index (χ1v) is 6.24. The van der Waals surface area contributed by atoms with Gasteiger partial charge in [0.25, 0.3) is 5.91 Å². The summed E-state index contributed by atoms with van der Waals surface area (Å²) in [5.74, 6) is 0.653. The molecule has 3 heteroatoms. The number of amides is 1. The van der Waals surface area contributed by atoms with Gasteiger partial charge in [0, 0.05) is 10.6 Å². The molecule has 0 saturated heterocycles. The minimum absolute atomic E-state index is 0.0365. The third-order valence-corrected chi connectivity index (χ3v) is 3.99. The summed E-state index contributed by atoms with van der Waals surface area (Å²) >= 11 is 5.92. The van der Waals surface area contributed by atoms with Crippen LogP contribution < -0.4 is 5.32 Å². The quantitative estimate of drug-likeness (QED) is 0.795.